The zero-order valence-electron chi connectivity index (χ0n) is 14.3. The molecular weight excluding hydrogens is 292 g/mol. The fourth-order valence-electron chi connectivity index (χ4n) is 2.82. The van der Waals surface area contributed by atoms with E-state index in [1.165, 1.54) is 0 Å². The van der Waals surface area contributed by atoms with Crippen molar-refractivity contribution in [2.24, 2.45) is 5.41 Å². The Hall–Kier alpha value is -1.75. The summed E-state index contributed by atoms with van der Waals surface area (Å²) in [7, 11) is 0. The van der Waals surface area contributed by atoms with Crippen molar-refractivity contribution in [2.75, 3.05) is 26.3 Å². The molecule has 0 saturated carbocycles. The van der Waals surface area contributed by atoms with E-state index in [2.05, 4.69) is 26.1 Å². The number of rotatable bonds is 5. The van der Waals surface area contributed by atoms with Crippen molar-refractivity contribution in [1.82, 2.24) is 10.2 Å². The van der Waals surface area contributed by atoms with Crippen LogP contribution < -0.4 is 10.1 Å². The van der Waals surface area contributed by atoms with Crippen LogP contribution >= 0.6 is 0 Å². The monoisotopic (exact) mass is 320 g/mol. The summed E-state index contributed by atoms with van der Waals surface area (Å²) in [5.74, 6) is 0.849. The quantitative estimate of drug-likeness (QED) is 0.877. The van der Waals surface area contributed by atoms with Crippen LogP contribution in [-0.2, 0) is 0 Å². The molecule has 0 spiro atoms. The van der Waals surface area contributed by atoms with Crippen molar-refractivity contribution in [3.05, 3.63) is 29.8 Å². The van der Waals surface area contributed by atoms with Gasteiger partial charge in [0, 0.05) is 31.7 Å². The van der Waals surface area contributed by atoms with Gasteiger partial charge in [-0.1, -0.05) is 39.0 Å². The Morgan fingerprint density at radius 2 is 2.13 bits per heavy atom. The normalized spacial score (nSPS) is 17.1. The molecule has 1 aromatic rings. The van der Waals surface area contributed by atoms with Gasteiger partial charge in [0.1, 0.15) is 5.75 Å². The van der Waals surface area contributed by atoms with E-state index in [-0.39, 0.29) is 24.1 Å². The molecule has 128 valence electrons. The molecule has 1 unspecified atom stereocenters. The third-order valence-electron chi connectivity index (χ3n) is 3.79. The Bertz CT molecular complexity index is 525. The maximum atomic E-state index is 12.7. The van der Waals surface area contributed by atoms with E-state index >= 15 is 0 Å². The van der Waals surface area contributed by atoms with E-state index in [1.54, 1.807) is 4.90 Å². The number of hydrogen-bond acceptors (Lipinski definition) is 3. The SMILES string of the molecule is CC(C)(C)CN(CCCO)C(=O)NC1CCOc2ccccc21. The fourth-order valence-corrected chi connectivity index (χ4v) is 2.82. The second-order valence-electron chi connectivity index (χ2n) is 7.24. The summed E-state index contributed by atoms with van der Waals surface area (Å²) in [6.45, 7) is 8.24. The van der Waals surface area contributed by atoms with Crippen molar-refractivity contribution < 1.29 is 14.6 Å². The minimum Gasteiger partial charge on any atom is -0.493 e. The Kier molecular flexibility index (Phi) is 5.88. The summed E-state index contributed by atoms with van der Waals surface area (Å²) >= 11 is 0. The number of urea groups is 1. The maximum Gasteiger partial charge on any atom is 0.317 e. The molecule has 5 nitrogen and oxygen atoms in total. The van der Waals surface area contributed by atoms with Gasteiger partial charge < -0.3 is 20.1 Å². The van der Waals surface area contributed by atoms with E-state index < -0.39 is 0 Å². The average Bonchev–Trinajstić information content (AvgIpc) is 2.50. The summed E-state index contributed by atoms with van der Waals surface area (Å²) in [5.41, 5.74) is 1.05. The second-order valence-corrected chi connectivity index (χ2v) is 7.24. The number of ether oxygens (including phenoxy) is 1. The summed E-state index contributed by atoms with van der Waals surface area (Å²) < 4.78 is 5.64. The van der Waals surface area contributed by atoms with Crippen LogP contribution in [-0.4, -0.2) is 42.3 Å². The number of para-hydroxylation sites is 1. The number of benzene rings is 1. The average molecular weight is 320 g/mol. The Balaban J connectivity index is 2.06. The lowest BCUT2D eigenvalue weighted by atomic mass is 9.96. The predicted molar refractivity (Wildman–Crippen MR) is 90.6 cm³/mol. The van der Waals surface area contributed by atoms with Crippen molar-refractivity contribution >= 4 is 6.03 Å². The molecule has 2 rings (SSSR count). The maximum absolute atomic E-state index is 12.7. The molecule has 0 fully saturated rings. The molecule has 1 aliphatic rings. The molecule has 1 aliphatic heterocycles. The molecule has 1 heterocycles. The number of aliphatic hydroxyl groups is 1. The summed E-state index contributed by atoms with van der Waals surface area (Å²) in [6.07, 6.45) is 1.36. The van der Waals surface area contributed by atoms with Gasteiger partial charge in [0.05, 0.1) is 12.6 Å². The summed E-state index contributed by atoms with van der Waals surface area (Å²) in [4.78, 5) is 14.5. The Labute approximate surface area is 138 Å². The summed E-state index contributed by atoms with van der Waals surface area (Å²) in [6, 6.07) is 7.74. The second kappa shape index (κ2) is 7.68. The van der Waals surface area contributed by atoms with Gasteiger partial charge in [0.15, 0.2) is 0 Å². The van der Waals surface area contributed by atoms with Gasteiger partial charge in [-0.25, -0.2) is 4.79 Å². The first-order chi connectivity index (χ1) is 10.9. The zero-order valence-corrected chi connectivity index (χ0v) is 14.3. The standard InChI is InChI=1S/C18H28N2O3/c1-18(2,3)13-20(10-6-11-21)17(22)19-15-9-12-23-16-8-5-4-7-14(15)16/h4-5,7-8,15,21H,6,9-13H2,1-3H3,(H,19,22). The molecule has 1 aromatic carbocycles. The third kappa shape index (κ3) is 5.13. The van der Waals surface area contributed by atoms with Crippen molar-refractivity contribution in [1.29, 1.82) is 0 Å². The number of nitrogens with zero attached hydrogens (tertiary/aromatic N) is 1. The van der Waals surface area contributed by atoms with Crippen molar-refractivity contribution in [3.63, 3.8) is 0 Å². The van der Waals surface area contributed by atoms with Gasteiger partial charge in [-0.2, -0.15) is 0 Å². The molecule has 2 N–H and O–H groups in total. The number of amides is 2. The Morgan fingerprint density at radius 1 is 1.39 bits per heavy atom. The highest BCUT2D eigenvalue weighted by Gasteiger charge is 2.26. The van der Waals surface area contributed by atoms with Gasteiger partial charge in [-0.05, 0) is 17.9 Å². The zero-order chi connectivity index (χ0) is 16.9. The molecule has 0 aromatic heterocycles. The van der Waals surface area contributed by atoms with E-state index in [0.29, 0.717) is 26.1 Å². The lowest BCUT2D eigenvalue weighted by Gasteiger charge is -2.33. The molecule has 2 amide bonds. The van der Waals surface area contributed by atoms with Gasteiger partial charge >= 0.3 is 6.03 Å². The minimum atomic E-state index is -0.0740. The van der Waals surface area contributed by atoms with Crippen LogP contribution in [0.3, 0.4) is 0 Å². The number of aliphatic hydroxyl groups excluding tert-OH is 1. The van der Waals surface area contributed by atoms with Gasteiger partial charge in [0.25, 0.3) is 0 Å². The van der Waals surface area contributed by atoms with E-state index in [0.717, 1.165) is 17.7 Å². The van der Waals surface area contributed by atoms with Crippen LogP contribution in [0.15, 0.2) is 24.3 Å². The number of carbonyl (C=O) groups is 1. The number of fused-ring (bicyclic) bond motifs is 1. The smallest absolute Gasteiger partial charge is 0.317 e. The first-order valence-electron chi connectivity index (χ1n) is 8.29. The van der Waals surface area contributed by atoms with E-state index in [1.807, 2.05) is 24.3 Å². The van der Waals surface area contributed by atoms with Crippen molar-refractivity contribution in [2.45, 2.75) is 39.7 Å². The highest BCUT2D eigenvalue weighted by Crippen LogP contribution is 2.31. The van der Waals surface area contributed by atoms with Crippen LogP contribution in [0.4, 0.5) is 4.79 Å². The van der Waals surface area contributed by atoms with Crippen molar-refractivity contribution in [3.8, 4) is 5.75 Å². The topological polar surface area (TPSA) is 61.8 Å². The largest absolute Gasteiger partial charge is 0.493 e. The first-order valence-corrected chi connectivity index (χ1v) is 8.29. The Morgan fingerprint density at radius 3 is 2.83 bits per heavy atom. The molecule has 23 heavy (non-hydrogen) atoms. The van der Waals surface area contributed by atoms with Crippen LogP contribution in [0.1, 0.15) is 45.2 Å². The predicted octanol–water partition coefficient (Wildman–Crippen LogP) is 2.95. The highest BCUT2D eigenvalue weighted by molar-refractivity contribution is 5.75. The highest BCUT2D eigenvalue weighted by atomic mass is 16.5. The molecule has 1 atom stereocenters. The molecule has 5 heteroatoms. The number of nitrogens with one attached hydrogen (secondary N) is 1. The fraction of sp³-hybridized carbons (Fsp3) is 0.611. The van der Waals surface area contributed by atoms with Gasteiger partial charge in [-0.15, -0.1) is 0 Å². The lowest BCUT2D eigenvalue weighted by molar-refractivity contribution is 0.157. The third-order valence-corrected chi connectivity index (χ3v) is 3.79. The van der Waals surface area contributed by atoms with E-state index in [4.69, 9.17) is 9.84 Å². The van der Waals surface area contributed by atoms with Gasteiger partial charge in [0.2, 0.25) is 0 Å². The van der Waals surface area contributed by atoms with Crippen LogP contribution in [0.2, 0.25) is 0 Å². The summed E-state index contributed by atoms with van der Waals surface area (Å²) in [5, 5.41) is 12.2. The molecular formula is C18H28N2O3. The lowest BCUT2D eigenvalue weighted by Crippen LogP contribution is -2.46. The van der Waals surface area contributed by atoms with Crippen LogP contribution in [0, 0.1) is 5.41 Å². The minimum absolute atomic E-state index is 0.0143. The number of carbonyl (C=O) groups excluding carboxylic acids is 1. The number of hydrogen-bond donors (Lipinski definition) is 2. The molecule has 0 saturated heterocycles. The molecule has 0 aliphatic carbocycles. The first kappa shape index (κ1) is 17.6. The molecule has 0 radical (unpaired) electrons. The molecule has 0 bridgehead atoms. The van der Waals surface area contributed by atoms with E-state index in [9.17, 15) is 4.79 Å². The van der Waals surface area contributed by atoms with Crippen LogP contribution in [0.25, 0.3) is 0 Å². The van der Waals surface area contributed by atoms with Crippen LogP contribution in [0.5, 0.6) is 5.75 Å². The van der Waals surface area contributed by atoms with Gasteiger partial charge in [-0.3, -0.25) is 0 Å².